The van der Waals surface area contributed by atoms with Crippen LogP contribution in [0, 0.1) is 0 Å². The summed E-state index contributed by atoms with van der Waals surface area (Å²) < 4.78 is 6.03. The highest BCUT2D eigenvalue weighted by Crippen LogP contribution is 2.19. The van der Waals surface area contributed by atoms with Crippen molar-refractivity contribution in [1.29, 1.82) is 0 Å². The minimum Gasteiger partial charge on any atom is -0.378 e. The maximum atomic E-state index is 12.6. The summed E-state index contributed by atoms with van der Waals surface area (Å²) in [7, 11) is 0. The fraction of sp³-hybridized carbons (Fsp3) is 0.312. The topological polar surface area (TPSA) is 153 Å². The molecule has 1 aliphatic rings. The lowest BCUT2D eigenvalue weighted by Crippen LogP contribution is -2.25. The Kier molecular flexibility index (Phi) is 5.01. The van der Waals surface area contributed by atoms with Gasteiger partial charge >= 0.3 is 0 Å². The van der Waals surface area contributed by atoms with Crippen molar-refractivity contribution in [1.82, 2.24) is 40.6 Å². The van der Waals surface area contributed by atoms with E-state index in [0.717, 1.165) is 31.5 Å². The van der Waals surface area contributed by atoms with Crippen molar-refractivity contribution in [3.8, 4) is 5.82 Å². The van der Waals surface area contributed by atoms with E-state index in [0.29, 0.717) is 12.2 Å². The Morgan fingerprint density at radius 1 is 1.36 bits per heavy atom. The molecule has 4 rings (SSSR count). The molecule has 0 atom stereocenters. The van der Waals surface area contributed by atoms with Crippen LogP contribution in [0.4, 0.5) is 5.82 Å². The average Bonchev–Trinajstić information content (AvgIpc) is 3.44. The van der Waals surface area contributed by atoms with Crippen LogP contribution in [0.1, 0.15) is 34.6 Å². The Hall–Kier alpha value is -3.67. The first-order chi connectivity index (χ1) is 13.7. The fourth-order valence-corrected chi connectivity index (χ4v) is 2.95. The Balaban J connectivity index is 1.58. The second kappa shape index (κ2) is 7.92. The summed E-state index contributed by atoms with van der Waals surface area (Å²) in [5.41, 5.74) is 9.68. The van der Waals surface area contributed by atoms with Gasteiger partial charge in [0.15, 0.2) is 5.69 Å². The quantitative estimate of drug-likeness (QED) is 0.442. The third-order valence-corrected chi connectivity index (χ3v) is 4.31. The summed E-state index contributed by atoms with van der Waals surface area (Å²) in [6.07, 6.45) is 6.99. The van der Waals surface area contributed by atoms with Gasteiger partial charge in [0, 0.05) is 24.5 Å². The number of hydrogen-bond acceptors (Lipinski definition) is 10. The van der Waals surface area contributed by atoms with Gasteiger partial charge in [-0.15, -0.1) is 5.10 Å². The zero-order valence-corrected chi connectivity index (χ0v) is 14.9. The van der Waals surface area contributed by atoms with E-state index in [9.17, 15) is 4.79 Å². The van der Waals surface area contributed by atoms with E-state index in [-0.39, 0.29) is 17.3 Å². The summed E-state index contributed by atoms with van der Waals surface area (Å²) in [6, 6.07) is 3.59. The summed E-state index contributed by atoms with van der Waals surface area (Å²) in [6.45, 7) is 2.32. The van der Waals surface area contributed by atoms with Gasteiger partial charge in [-0.1, -0.05) is 11.3 Å². The van der Waals surface area contributed by atoms with Gasteiger partial charge < -0.3 is 5.73 Å². The van der Waals surface area contributed by atoms with Crippen LogP contribution in [0.3, 0.4) is 0 Å². The number of hydrazone groups is 1. The van der Waals surface area contributed by atoms with E-state index in [4.69, 9.17) is 5.73 Å². The van der Waals surface area contributed by atoms with Crippen LogP contribution in [-0.2, 0) is 6.54 Å². The number of nitrogens with two attached hydrogens (primary N) is 1. The van der Waals surface area contributed by atoms with Gasteiger partial charge in [-0.05, 0) is 42.3 Å². The van der Waals surface area contributed by atoms with Crippen LogP contribution in [0.5, 0.6) is 0 Å². The number of amides is 1. The van der Waals surface area contributed by atoms with Crippen molar-refractivity contribution < 1.29 is 9.42 Å². The summed E-state index contributed by atoms with van der Waals surface area (Å²) >= 11 is 0. The molecule has 0 bridgehead atoms. The molecule has 4 heterocycles. The molecular formula is C16H18N10O2. The van der Waals surface area contributed by atoms with Gasteiger partial charge in [0.1, 0.15) is 0 Å². The molecule has 3 aromatic heterocycles. The number of carbonyl (C=O) groups is 1. The Morgan fingerprint density at radius 3 is 2.93 bits per heavy atom. The van der Waals surface area contributed by atoms with E-state index in [2.05, 4.69) is 45.7 Å². The zero-order chi connectivity index (χ0) is 19.3. The number of nitrogens with zero attached hydrogens (tertiary/aromatic N) is 8. The third kappa shape index (κ3) is 3.71. The molecule has 0 spiro atoms. The largest absolute Gasteiger partial charge is 0.378 e. The lowest BCUT2D eigenvalue weighted by Gasteiger charge is -2.15. The van der Waals surface area contributed by atoms with Crippen molar-refractivity contribution in [2.45, 2.75) is 19.4 Å². The van der Waals surface area contributed by atoms with Crippen LogP contribution in [0.2, 0.25) is 0 Å². The number of hydrogen-bond donors (Lipinski definition) is 2. The number of nitrogens with one attached hydrogen (secondary N) is 1. The minimum atomic E-state index is -0.490. The summed E-state index contributed by atoms with van der Waals surface area (Å²) in [5, 5.41) is 19.3. The smallest absolute Gasteiger partial charge is 0.293 e. The lowest BCUT2D eigenvalue weighted by molar-refractivity contribution is 0.0948. The summed E-state index contributed by atoms with van der Waals surface area (Å²) in [4.78, 5) is 18.8. The number of rotatable bonds is 6. The van der Waals surface area contributed by atoms with Gasteiger partial charge in [-0.2, -0.15) is 9.78 Å². The molecule has 12 heteroatoms. The van der Waals surface area contributed by atoms with Crippen molar-refractivity contribution in [3.05, 3.63) is 41.5 Å². The van der Waals surface area contributed by atoms with Crippen molar-refractivity contribution in [2.75, 3.05) is 18.8 Å². The zero-order valence-electron chi connectivity index (χ0n) is 14.9. The fourth-order valence-electron chi connectivity index (χ4n) is 2.95. The highest BCUT2D eigenvalue weighted by atomic mass is 16.6. The van der Waals surface area contributed by atoms with E-state index in [1.54, 1.807) is 18.5 Å². The highest BCUT2D eigenvalue weighted by molar-refractivity contribution is 5.94. The van der Waals surface area contributed by atoms with E-state index < -0.39 is 5.91 Å². The van der Waals surface area contributed by atoms with E-state index >= 15 is 0 Å². The summed E-state index contributed by atoms with van der Waals surface area (Å²) in [5.74, 6) is -0.232. The molecule has 0 aliphatic carbocycles. The number of nitrogen functional groups attached to an aromatic ring is 1. The van der Waals surface area contributed by atoms with Gasteiger partial charge in [0.05, 0.1) is 11.9 Å². The minimum absolute atomic E-state index is 0.0640. The molecule has 1 fully saturated rings. The Morgan fingerprint density at radius 2 is 2.21 bits per heavy atom. The molecule has 0 saturated carbocycles. The molecule has 1 aliphatic heterocycles. The first-order valence-electron chi connectivity index (χ1n) is 8.71. The number of aromatic nitrogens is 6. The van der Waals surface area contributed by atoms with Gasteiger partial charge in [-0.25, -0.2) is 10.1 Å². The molecule has 144 valence electrons. The maximum Gasteiger partial charge on any atom is 0.293 e. The van der Waals surface area contributed by atoms with Gasteiger partial charge in [0.25, 0.3) is 5.91 Å². The van der Waals surface area contributed by atoms with Crippen LogP contribution in [0.15, 0.2) is 34.3 Å². The third-order valence-electron chi connectivity index (χ3n) is 4.31. The van der Waals surface area contributed by atoms with Crippen LogP contribution >= 0.6 is 0 Å². The average molecular weight is 382 g/mol. The molecule has 3 aromatic rings. The van der Waals surface area contributed by atoms with Crippen LogP contribution < -0.4 is 11.2 Å². The van der Waals surface area contributed by atoms with E-state index in [1.165, 1.54) is 10.9 Å². The molecule has 3 N–H and O–H groups in total. The number of likely N-dealkylation sites (tertiary alicyclic amines) is 1. The van der Waals surface area contributed by atoms with Crippen molar-refractivity contribution in [3.63, 3.8) is 0 Å². The predicted octanol–water partition coefficient (Wildman–Crippen LogP) is -0.0128. The Bertz CT molecular complexity index is 974. The first-order valence-corrected chi connectivity index (χ1v) is 8.71. The van der Waals surface area contributed by atoms with Crippen molar-refractivity contribution in [2.24, 2.45) is 5.10 Å². The molecule has 0 unspecified atom stereocenters. The predicted molar refractivity (Wildman–Crippen MR) is 97.4 cm³/mol. The van der Waals surface area contributed by atoms with E-state index in [1.807, 2.05) is 6.07 Å². The second-order valence-corrected chi connectivity index (χ2v) is 6.24. The molecule has 28 heavy (non-hydrogen) atoms. The number of carbonyl (C=O) groups excluding carboxylic acids is 1. The maximum absolute atomic E-state index is 12.6. The molecule has 0 radical (unpaired) electrons. The molecule has 1 saturated heterocycles. The monoisotopic (exact) mass is 382 g/mol. The SMILES string of the molecule is Nc1nonc1-n1nnc(C(=O)N/N=C/c2cccnc2)c1CN1CCCC1. The standard InChI is InChI=1S/C16H18N10O2/c17-14-15(23-28-22-14)26-12(10-25-6-1-2-7-25)13(20-24-26)16(27)21-19-9-11-4-3-5-18-8-11/h3-5,8-9H,1-2,6-7,10H2,(H2,17,22)(H,21,27)/b19-9+. The van der Waals surface area contributed by atoms with Crippen LogP contribution in [-0.4, -0.2) is 60.4 Å². The first kappa shape index (κ1) is 17.7. The highest BCUT2D eigenvalue weighted by Gasteiger charge is 2.26. The van der Waals surface area contributed by atoms with Gasteiger partial charge in [0.2, 0.25) is 11.6 Å². The van der Waals surface area contributed by atoms with Crippen molar-refractivity contribution >= 4 is 17.9 Å². The number of pyridine rings is 1. The Labute approximate surface area is 159 Å². The molecular weight excluding hydrogens is 364 g/mol. The van der Waals surface area contributed by atoms with Crippen LogP contribution in [0.25, 0.3) is 5.82 Å². The lowest BCUT2D eigenvalue weighted by atomic mass is 10.2. The molecule has 1 amide bonds. The molecule has 12 nitrogen and oxygen atoms in total. The van der Waals surface area contributed by atoms with Gasteiger partial charge in [-0.3, -0.25) is 14.7 Å². The number of anilines is 1. The molecule has 0 aromatic carbocycles. The second-order valence-electron chi connectivity index (χ2n) is 6.24. The normalized spacial score (nSPS) is 14.7.